The van der Waals surface area contributed by atoms with Crippen molar-refractivity contribution in [2.24, 2.45) is 0 Å². The minimum Gasteiger partial charge on any atom is -0.463 e. The summed E-state index contributed by atoms with van der Waals surface area (Å²) in [7, 11) is 1.39. The number of rotatable bonds is 35. The van der Waals surface area contributed by atoms with Crippen molar-refractivity contribution in [3.63, 3.8) is 0 Å². The van der Waals surface area contributed by atoms with E-state index in [1.165, 1.54) is 136 Å². The fraction of sp³-hybridized carbons (Fsp3) is 0.953. The molecule has 0 aromatic rings. The number of ether oxygens (including phenoxy) is 6. The third kappa shape index (κ3) is 21.3. The summed E-state index contributed by atoms with van der Waals surface area (Å²) in [6, 6.07) is 0. The first kappa shape index (κ1) is 48.8. The van der Waals surface area contributed by atoms with Crippen LogP contribution in [-0.4, -0.2) is 96.8 Å². The zero-order valence-electron chi connectivity index (χ0n) is 34.4. The van der Waals surface area contributed by atoms with Crippen molar-refractivity contribution in [2.45, 2.75) is 243 Å². The third-order valence-corrected chi connectivity index (χ3v) is 10.9. The Morgan fingerprint density at radius 1 is 0.463 bits per heavy atom. The predicted molar refractivity (Wildman–Crippen MR) is 210 cm³/mol. The van der Waals surface area contributed by atoms with Gasteiger partial charge >= 0.3 is 11.9 Å². The van der Waals surface area contributed by atoms with Crippen LogP contribution in [0.15, 0.2) is 0 Å². The van der Waals surface area contributed by atoms with E-state index in [2.05, 4.69) is 13.8 Å². The molecule has 2 heterocycles. The molecule has 11 heteroatoms. The molecule has 2 rings (SSSR count). The Morgan fingerprint density at radius 2 is 0.796 bits per heavy atom. The van der Waals surface area contributed by atoms with Gasteiger partial charge in [-0.25, -0.2) is 0 Å². The van der Waals surface area contributed by atoms with Crippen molar-refractivity contribution in [3.8, 4) is 0 Å². The summed E-state index contributed by atoms with van der Waals surface area (Å²) in [5, 5.41) is 32.1. The van der Waals surface area contributed by atoms with E-state index in [4.69, 9.17) is 28.4 Å². The van der Waals surface area contributed by atoms with E-state index in [1.54, 1.807) is 0 Å². The standard InChI is InChI=1S/C43H80O11/c1-4-6-8-10-12-14-16-18-20-22-24-26-28-30-36(44)50-32-34-38(46)40(48)42(52-34)54-41-39(47)35(53-43(41)49-3)33-51-37(45)31-29-27-25-23-21-19-17-15-13-11-9-7-5-2/h34-35,38-43,46-48H,4-33H2,1-3H3/t34-,35-,38-,39-,40+,41+,42+,43+/m1/s1. The van der Waals surface area contributed by atoms with Gasteiger partial charge in [-0.3, -0.25) is 9.59 Å². The van der Waals surface area contributed by atoms with Gasteiger partial charge in [0.25, 0.3) is 0 Å². The lowest BCUT2D eigenvalue weighted by molar-refractivity contribution is -0.242. The lowest BCUT2D eigenvalue weighted by atomic mass is 10.0. The number of hydrogen-bond donors (Lipinski definition) is 3. The van der Waals surface area contributed by atoms with Gasteiger partial charge in [0.15, 0.2) is 12.6 Å². The molecule has 8 atom stereocenters. The van der Waals surface area contributed by atoms with Crippen LogP contribution < -0.4 is 0 Å². The normalized spacial score (nSPS) is 25.4. The zero-order valence-corrected chi connectivity index (χ0v) is 34.4. The van der Waals surface area contributed by atoms with Crippen molar-refractivity contribution in [2.75, 3.05) is 20.3 Å². The van der Waals surface area contributed by atoms with E-state index in [1.807, 2.05) is 0 Å². The average Bonchev–Trinajstić information content (AvgIpc) is 3.62. The molecule has 2 saturated heterocycles. The molecule has 2 aliphatic rings. The summed E-state index contributed by atoms with van der Waals surface area (Å²) in [6.07, 6.45) is 23.0. The second-order valence-electron chi connectivity index (χ2n) is 15.7. The quantitative estimate of drug-likeness (QED) is 0.0420. The molecule has 0 spiro atoms. The first-order valence-electron chi connectivity index (χ1n) is 22.2. The van der Waals surface area contributed by atoms with Gasteiger partial charge in [0.2, 0.25) is 0 Å². The average molecular weight is 773 g/mol. The fourth-order valence-electron chi connectivity index (χ4n) is 7.36. The summed E-state index contributed by atoms with van der Waals surface area (Å²) < 4.78 is 33.4. The van der Waals surface area contributed by atoms with Crippen LogP contribution in [-0.2, 0) is 38.0 Å². The van der Waals surface area contributed by atoms with Crippen LogP contribution >= 0.6 is 0 Å². The van der Waals surface area contributed by atoms with E-state index < -0.39 is 49.2 Å². The lowest BCUT2D eigenvalue weighted by Gasteiger charge is -2.25. The van der Waals surface area contributed by atoms with E-state index >= 15 is 0 Å². The van der Waals surface area contributed by atoms with Crippen LogP contribution in [0.1, 0.15) is 194 Å². The van der Waals surface area contributed by atoms with Gasteiger partial charge in [0, 0.05) is 20.0 Å². The maximum Gasteiger partial charge on any atom is 0.305 e. The zero-order chi connectivity index (χ0) is 39.2. The van der Waals surface area contributed by atoms with Crippen LogP contribution in [0.3, 0.4) is 0 Å². The Morgan fingerprint density at radius 3 is 1.17 bits per heavy atom. The highest BCUT2D eigenvalue weighted by molar-refractivity contribution is 5.69. The summed E-state index contributed by atoms with van der Waals surface area (Å²) in [6.45, 7) is 4.09. The minimum absolute atomic E-state index is 0.174. The molecule has 2 fully saturated rings. The monoisotopic (exact) mass is 773 g/mol. The number of hydrogen-bond acceptors (Lipinski definition) is 11. The van der Waals surface area contributed by atoms with Gasteiger partial charge in [0.05, 0.1) is 0 Å². The molecule has 2 aliphatic heterocycles. The maximum absolute atomic E-state index is 12.4. The Balaban J connectivity index is 1.55. The summed E-state index contributed by atoms with van der Waals surface area (Å²) in [5.74, 6) is -0.727. The van der Waals surface area contributed by atoms with E-state index in [9.17, 15) is 24.9 Å². The van der Waals surface area contributed by atoms with E-state index in [-0.39, 0.29) is 31.6 Å². The molecule has 0 amide bonds. The van der Waals surface area contributed by atoms with Crippen LogP contribution in [0.5, 0.6) is 0 Å². The van der Waals surface area contributed by atoms with E-state index in [0.29, 0.717) is 6.42 Å². The highest BCUT2D eigenvalue weighted by Crippen LogP contribution is 2.31. The highest BCUT2D eigenvalue weighted by Gasteiger charge is 2.51. The van der Waals surface area contributed by atoms with Crippen LogP contribution in [0.2, 0.25) is 0 Å². The molecule has 3 N–H and O–H groups in total. The number of unbranched alkanes of at least 4 members (excludes halogenated alkanes) is 24. The largest absolute Gasteiger partial charge is 0.463 e. The number of aliphatic hydroxyl groups is 3. The van der Waals surface area contributed by atoms with Crippen molar-refractivity contribution in [1.29, 1.82) is 0 Å². The van der Waals surface area contributed by atoms with Crippen molar-refractivity contribution < 1.29 is 53.3 Å². The van der Waals surface area contributed by atoms with Crippen LogP contribution in [0.4, 0.5) is 0 Å². The number of aliphatic hydroxyl groups excluding tert-OH is 3. The molecule has 0 unspecified atom stereocenters. The molecule has 11 nitrogen and oxygen atoms in total. The smallest absolute Gasteiger partial charge is 0.305 e. The lowest BCUT2D eigenvalue weighted by Crippen LogP contribution is -2.43. The molecule has 0 aliphatic carbocycles. The van der Waals surface area contributed by atoms with Crippen molar-refractivity contribution in [3.05, 3.63) is 0 Å². The van der Waals surface area contributed by atoms with Gasteiger partial charge < -0.3 is 43.7 Å². The molecule has 0 saturated carbocycles. The second kappa shape index (κ2) is 31.7. The van der Waals surface area contributed by atoms with Crippen molar-refractivity contribution in [1.82, 2.24) is 0 Å². The van der Waals surface area contributed by atoms with Gasteiger partial charge in [-0.05, 0) is 12.8 Å². The first-order valence-corrected chi connectivity index (χ1v) is 22.2. The summed E-state index contributed by atoms with van der Waals surface area (Å²) in [4.78, 5) is 24.7. The van der Waals surface area contributed by atoms with Gasteiger partial charge in [-0.2, -0.15) is 0 Å². The number of carbonyl (C=O) groups is 2. The molecule has 0 bridgehead atoms. The number of carbonyl (C=O) groups excluding carboxylic acids is 2. The molecule has 54 heavy (non-hydrogen) atoms. The Bertz CT molecular complexity index is 920. The molecular formula is C43H80O11. The molecule has 0 aromatic heterocycles. The summed E-state index contributed by atoms with van der Waals surface area (Å²) >= 11 is 0. The topological polar surface area (TPSA) is 150 Å². The minimum atomic E-state index is -1.45. The summed E-state index contributed by atoms with van der Waals surface area (Å²) in [5.41, 5.74) is 0. The number of esters is 2. The maximum atomic E-state index is 12.4. The molecule has 318 valence electrons. The third-order valence-electron chi connectivity index (χ3n) is 10.9. The highest BCUT2D eigenvalue weighted by atomic mass is 16.8. The molecular weight excluding hydrogens is 692 g/mol. The Labute approximate surface area is 327 Å². The predicted octanol–water partition coefficient (Wildman–Crippen LogP) is 8.60. The van der Waals surface area contributed by atoms with Crippen molar-refractivity contribution >= 4 is 11.9 Å². The fourth-order valence-corrected chi connectivity index (χ4v) is 7.36. The van der Waals surface area contributed by atoms with E-state index in [0.717, 1.165) is 38.5 Å². The first-order chi connectivity index (χ1) is 26.3. The van der Waals surface area contributed by atoms with Gasteiger partial charge in [-0.1, -0.05) is 168 Å². The van der Waals surface area contributed by atoms with Crippen LogP contribution in [0, 0.1) is 0 Å². The van der Waals surface area contributed by atoms with Gasteiger partial charge in [0.1, 0.15) is 49.8 Å². The van der Waals surface area contributed by atoms with Crippen LogP contribution in [0.25, 0.3) is 0 Å². The Hall–Kier alpha value is -1.34. The Kier molecular flexibility index (Phi) is 28.7. The number of methoxy groups -OCH3 is 1. The SMILES string of the molecule is CCCCCCCCCCCCCCCC(=O)OC[C@H]1O[C@@H](O[C@@H]2[C@@H](OC)O[C@H](COC(=O)CCCCCCCCCCCCCCC)[C@H]2O)[C@@H](O)[C@@H]1O. The van der Waals surface area contributed by atoms with Gasteiger partial charge in [-0.15, -0.1) is 0 Å². The molecule has 0 aromatic carbocycles. The molecule has 0 radical (unpaired) electrons. The second-order valence-corrected chi connectivity index (χ2v) is 15.7.